The van der Waals surface area contributed by atoms with Crippen LogP contribution in [0.5, 0.6) is 5.75 Å². The Labute approximate surface area is 172 Å². The maximum Gasteiger partial charge on any atom is 0.260 e. The molecular formula is C19H18BrN3O4S. The Balaban J connectivity index is 1.53. The third-order valence-electron chi connectivity index (χ3n) is 4.39. The van der Waals surface area contributed by atoms with Gasteiger partial charge in [-0.2, -0.15) is 9.57 Å². The summed E-state index contributed by atoms with van der Waals surface area (Å²) in [5, 5.41) is 8.78. The van der Waals surface area contributed by atoms with Gasteiger partial charge in [-0.1, -0.05) is 15.9 Å². The first kappa shape index (κ1) is 20.3. The number of carbonyl (C=O) groups excluding carboxylic acids is 1. The summed E-state index contributed by atoms with van der Waals surface area (Å²) < 4.78 is 33.1. The zero-order valence-corrected chi connectivity index (χ0v) is 17.3. The first-order chi connectivity index (χ1) is 13.4. The number of halogens is 1. The average Bonchev–Trinajstić information content (AvgIpc) is 2.73. The van der Waals surface area contributed by atoms with Crippen molar-refractivity contribution in [1.82, 2.24) is 9.21 Å². The molecule has 146 valence electrons. The minimum Gasteiger partial charge on any atom is -0.484 e. The van der Waals surface area contributed by atoms with Crippen molar-refractivity contribution in [2.45, 2.75) is 4.90 Å². The maximum atomic E-state index is 12.7. The Morgan fingerprint density at radius 2 is 1.64 bits per heavy atom. The standard InChI is InChI=1S/C19H18BrN3O4S/c20-16-3-7-18(8-4-16)28(25,26)23-11-9-22(10-12-23)19(24)14-27-17-5-1-15(13-21)2-6-17/h1-8H,9-12,14H2. The maximum absolute atomic E-state index is 12.7. The highest BCUT2D eigenvalue weighted by molar-refractivity contribution is 9.10. The van der Waals surface area contributed by atoms with Gasteiger partial charge in [-0.15, -0.1) is 0 Å². The number of benzene rings is 2. The summed E-state index contributed by atoms with van der Waals surface area (Å²) in [5.74, 6) is 0.300. The van der Waals surface area contributed by atoms with Crippen molar-refractivity contribution in [2.75, 3.05) is 32.8 Å². The summed E-state index contributed by atoms with van der Waals surface area (Å²) in [6.45, 7) is 0.962. The van der Waals surface area contributed by atoms with Gasteiger partial charge in [-0.25, -0.2) is 8.42 Å². The second-order valence-corrected chi connectivity index (χ2v) is 9.02. The fraction of sp³-hybridized carbons (Fsp3) is 0.263. The van der Waals surface area contributed by atoms with E-state index in [4.69, 9.17) is 10.00 Å². The van der Waals surface area contributed by atoms with E-state index in [0.29, 0.717) is 24.4 Å². The number of nitriles is 1. The highest BCUT2D eigenvalue weighted by atomic mass is 79.9. The molecule has 7 nitrogen and oxygen atoms in total. The molecular weight excluding hydrogens is 446 g/mol. The van der Waals surface area contributed by atoms with Crippen molar-refractivity contribution in [1.29, 1.82) is 5.26 Å². The van der Waals surface area contributed by atoms with Gasteiger partial charge in [0, 0.05) is 30.7 Å². The molecule has 9 heteroatoms. The third-order valence-corrected chi connectivity index (χ3v) is 6.83. The fourth-order valence-electron chi connectivity index (χ4n) is 2.80. The van der Waals surface area contributed by atoms with E-state index in [1.807, 2.05) is 6.07 Å². The molecule has 0 atom stereocenters. The van der Waals surface area contributed by atoms with E-state index in [2.05, 4.69) is 15.9 Å². The number of amides is 1. The van der Waals surface area contributed by atoms with Gasteiger partial charge >= 0.3 is 0 Å². The molecule has 2 aromatic rings. The van der Waals surface area contributed by atoms with Crippen molar-refractivity contribution < 1.29 is 17.9 Å². The number of nitrogens with zero attached hydrogens (tertiary/aromatic N) is 3. The lowest BCUT2D eigenvalue weighted by molar-refractivity contribution is -0.134. The van der Waals surface area contributed by atoms with Gasteiger partial charge in [-0.3, -0.25) is 4.79 Å². The molecule has 0 bridgehead atoms. The van der Waals surface area contributed by atoms with Crippen LogP contribution in [0.15, 0.2) is 57.9 Å². The van der Waals surface area contributed by atoms with Crippen LogP contribution < -0.4 is 4.74 Å². The second-order valence-electron chi connectivity index (χ2n) is 6.16. The summed E-state index contributed by atoms with van der Waals surface area (Å²) >= 11 is 3.29. The van der Waals surface area contributed by atoms with Crippen LogP contribution in [0.3, 0.4) is 0 Å². The molecule has 28 heavy (non-hydrogen) atoms. The number of piperazine rings is 1. The van der Waals surface area contributed by atoms with Gasteiger partial charge < -0.3 is 9.64 Å². The minimum absolute atomic E-state index is 0.134. The van der Waals surface area contributed by atoms with Gasteiger partial charge in [-0.05, 0) is 48.5 Å². The molecule has 0 N–H and O–H groups in total. The molecule has 0 aromatic heterocycles. The smallest absolute Gasteiger partial charge is 0.260 e. The molecule has 0 spiro atoms. The Bertz CT molecular complexity index is 977. The zero-order chi connectivity index (χ0) is 20.1. The minimum atomic E-state index is -3.57. The van der Waals surface area contributed by atoms with Crippen LogP contribution in [0.2, 0.25) is 0 Å². The van der Waals surface area contributed by atoms with Crippen molar-refractivity contribution in [2.24, 2.45) is 0 Å². The number of sulfonamides is 1. The fourth-order valence-corrected chi connectivity index (χ4v) is 4.48. The van der Waals surface area contributed by atoms with E-state index in [0.717, 1.165) is 4.47 Å². The van der Waals surface area contributed by atoms with Crippen LogP contribution in [0.25, 0.3) is 0 Å². The van der Waals surface area contributed by atoms with Gasteiger partial charge in [0.15, 0.2) is 6.61 Å². The molecule has 0 saturated carbocycles. The van der Waals surface area contributed by atoms with Crippen molar-refractivity contribution in [3.8, 4) is 11.8 Å². The van der Waals surface area contributed by atoms with E-state index in [9.17, 15) is 13.2 Å². The van der Waals surface area contributed by atoms with Gasteiger partial charge in [0.25, 0.3) is 5.91 Å². The topological polar surface area (TPSA) is 90.7 Å². The molecule has 0 radical (unpaired) electrons. The van der Waals surface area contributed by atoms with Crippen LogP contribution in [0, 0.1) is 11.3 Å². The molecule has 1 fully saturated rings. The Morgan fingerprint density at radius 3 is 2.21 bits per heavy atom. The molecule has 1 aliphatic heterocycles. The molecule has 2 aromatic carbocycles. The second kappa shape index (κ2) is 8.73. The monoisotopic (exact) mass is 463 g/mol. The third kappa shape index (κ3) is 4.70. The van der Waals surface area contributed by atoms with Crippen molar-refractivity contribution in [3.05, 3.63) is 58.6 Å². The largest absolute Gasteiger partial charge is 0.484 e. The lowest BCUT2D eigenvalue weighted by Gasteiger charge is -2.34. The lowest BCUT2D eigenvalue weighted by atomic mass is 10.2. The predicted octanol–water partition coefficient (Wildman–Crippen LogP) is 2.23. The van der Waals surface area contributed by atoms with Crippen LogP contribution in [-0.2, 0) is 14.8 Å². The molecule has 1 saturated heterocycles. The number of hydrogen-bond acceptors (Lipinski definition) is 5. The van der Waals surface area contributed by atoms with E-state index in [1.165, 1.54) is 4.31 Å². The first-order valence-electron chi connectivity index (χ1n) is 8.56. The van der Waals surface area contributed by atoms with E-state index in [-0.39, 0.29) is 30.5 Å². The molecule has 1 aliphatic rings. The first-order valence-corrected chi connectivity index (χ1v) is 10.8. The molecule has 0 aliphatic carbocycles. The summed E-state index contributed by atoms with van der Waals surface area (Å²) in [6.07, 6.45) is 0. The average molecular weight is 464 g/mol. The van der Waals surface area contributed by atoms with E-state index in [1.54, 1.807) is 53.4 Å². The van der Waals surface area contributed by atoms with Crippen molar-refractivity contribution >= 4 is 31.9 Å². The zero-order valence-electron chi connectivity index (χ0n) is 14.9. The van der Waals surface area contributed by atoms with Gasteiger partial charge in [0.1, 0.15) is 5.75 Å². The van der Waals surface area contributed by atoms with Crippen LogP contribution >= 0.6 is 15.9 Å². The Hall–Kier alpha value is -2.41. The SMILES string of the molecule is N#Cc1ccc(OCC(=O)N2CCN(S(=O)(=O)c3ccc(Br)cc3)CC2)cc1. The molecule has 1 heterocycles. The summed E-state index contributed by atoms with van der Waals surface area (Å²) in [7, 11) is -3.57. The highest BCUT2D eigenvalue weighted by Gasteiger charge is 2.30. The predicted molar refractivity (Wildman–Crippen MR) is 106 cm³/mol. The molecule has 3 rings (SSSR count). The van der Waals surface area contributed by atoms with E-state index < -0.39 is 10.0 Å². The summed E-state index contributed by atoms with van der Waals surface area (Å²) in [6, 6.07) is 15.0. The van der Waals surface area contributed by atoms with Gasteiger partial charge in [0.05, 0.1) is 16.5 Å². The summed E-state index contributed by atoms with van der Waals surface area (Å²) in [5.41, 5.74) is 0.516. The number of ether oxygens (including phenoxy) is 1. The highest BCUT2D eigenvalue weighted by Crippen LogP contribution is 2.20. The quantitative estimate of drug-likeness (QED) is 0.677. The Kier molecular flexibility index (Phi) is 6.34. The molecule has 0 unspecified atom stereocenters. The van der Waals surface area contributed by atoms with E-state index >= 15 is 0 Å². The van der Waals surface area contributed by atoms with Crippen LogP contribution in [-0.4, -0.2) is 56.3 Å². The normalized spacial score (nSPS) is 15.1. The Morgan fingerprint density at radius 1 is 1.04 bits per heavy atom. The van der Waals surface area contributed by atoms with Crippen LogP contribution in [0.4, 0.5) is 0 Å². The van der Waals surface area contributed by atoms with Gasteiger partial charge in [0.2, 0.25) is 10.0 Å². The summed E-state index contributed by atoms with van der Waals surface area (Å²) in [4.78, 5) is 14.2. The number of rotatable bonds is 5. The number of hydrogen-bond donors (Lipinski definition) is 0. The number of carbonyl (C=O) groups is 1. The molecule has 1 amide bonds. The van der Waals surface area contributed by atoms with Crippen molar-refractivity contribution in [3.63, 3.8) is 0 Å². The van der Waals surface area contributed by atoms with Crippen LogP contribution in [0.1, 0.15) is 5.56 Å². The lowest BCUT2D eigenvalue weighted by Crippen LogP contribution is -2.51.